The minimum atomic E-state index is -0.378. The second kappa shape index (κ2) is 9.64. The number of ether oxygens (including phenoxy) is 1. The van der Waals surface area contributed by atoms with Crippen molar-refractivity contribution >= 4 is 29.5 Å². The molecule has 0 unspecified atom stereocenters. The molecule has 0 spiro atoms. The van der Waals surface area contributed by atoms with Crippen molar-refractivity contribution in [2.45, 2.75) is 6.92 Å². The molecule has 0 saturated carbocycles. The number of amides is 2. The first-order chi connectivity index (χ1) is 14.0. The van der Waals surface area contributed by atoms with Crippen LogP contribution < -0.4 is 10.2 Å². The number of rotatable bonds is 5. The Hall–Kier alpha value is -3.48. The number of phenols is 1. The lowest BCUT2D eigenvalue weighted by atomic mass is 10.2. The van der Waals surface area contributed by atoms with Crippen molar-refractivity contribution in [2.24, 2.45) is 0 Å². The van der Waals surface area contributed by atoms with Gasteiger partial charge in [0.15, 0.2) is 0 Å². The summed E-state index contributed by atoms with van der Waals surface area (Å²) in [5.41, 5.74) is 2.58. The first-order valence-corrected chi connectivity index (χ1v) is 9.60. The Bertz CT molecular complexity index is 855. The van der Waals surface area contributed by atoms with Gasteiger partial charge in [0.1, 0.15) is 5.75 Å². The molecule has 152 valence electrons. The molecule has 1 aliphatic heterocycles. The molecule has 29 heavy (non-hydrogen) atoms. The smallest absolute Gasteiger partial charge is 0.330 e. The summed E-state index contributed by atoms with van der Waals surface area (Å²) in [6, 6.07) is 14.2. The molecule has 0 bridgehead atoms. The van der Waals surface area contributed by atoms with Crippen molar-refractivity contribution in [3.05, 3.63) is 60.2 Å². The lowest BCUT2D eigenvalue weighted by Crippen LogP contribution is -2.50. The van der Waals surface area contributed by atoms with E-state index in [0.717, 1.165) is 24.3 Å². The molecule has 2 aromatic rings. The molecular formula is C22H25N3O4. The Balaban J connectivity index is 1.49. The van der Waals surface area contributed by atoms with Crippen LogP contribution in [0.3, 0.4) is 0 Å². The lowest BCUT2D eigenvalue weighted by molar-refractivity contribution is -0.137. The second-order valence-corrected chi connectivity index (χ2v) is 6.63. The third-order valence-electron chi connectivity index (χ3n) is 4.64. The molecular weight excluding hydrogens is 370 g/mol. The van der Waals surface area contributed by atoms with Crippen LogP contribution in [0, 0.1) is 0 Å². The van der Waals surface area contributed by atoms with Crippen LogP contribution >= 0.6 is 0 Å². The van der Waals surface area contributed by atoms with Crippen molar-refractivity contribution in [3.8, 4) is 5.75 Å². The van der Waals surface area contributed by atoms with Gasteiger partial charge in [-0.15, -0.1) is 0 Å². The van der Waals surface area contributed by atoms with Crippen LogP contribution in [-0.4, -0.2) is 54.8 Å². The minimum Gasteiger partial charge on any atom is -0.508 e. The van der Waals surface area contributed by atoms with Gasteiger partial charge < -0.3 is 25.0 Å². The molecule has 0 atom stereocenters. The predicted octanol–water partition coefficient (Wildman–Crippen LogP) is 3.32. The minimum absolute atomic E-state index is 0.134. The number of nitrogens with zero attached hydrogens (tertiary/aromatic N) is 2. The third-order valence-corrected chi connectivity index (χ3v) is 4.64. The lowest BCUT2D eigenvalue weighted by Gasteiger charge is -2.36. The highest BCUT2D eigenvalue weighted by molar-refractivity contribution is 5.90. The molecule has 7 heteroatoms. The Morgan fingerprint density at radius 2 is 1.69 bits per heavy atom. The standard InChI is InChI=1S/C22H25N3O4/c1-2-29-21(27)12-5-17-3-6-18(7-4-17)23-22(28)25-15-13-24(14-16-25)19-8-10-20(26)11-9-19/h3-12,26H,2,13-16H2,1H3,(H,23,28)/b12-5+. The third kappa shape index (κ3) is 5.75. The summed E-state index contributed by atoms with van der Waals surface area (Å²) in [7, 11) is 0. The maximum atomic E-state index is 12.5. The summed E-state index contributed by atoms with van der Waals surface area (Å²) < 4.78 is 4.85. The van der Waals surface area contributed by atoms with Crippen LogP contribution in [0.25, 0.3) is 6.08 Å². The van der Waals surface area contributed by atoms with E-state index < -0.39 is 0 Å². The van der Waals surface area contributed by atoms with Crippen LogP contribution in [-0.2, 0) is 9.53 Å². The Morgan fingerprint density at radius 3 is 2.31 bits per heavy atom. The largest absolute Gasteiger partial charge is 0.508 e. The van der Waals surface area contributed by atoms with E-state index in [9.17, 15) is 14.7 Å². The summed E-state index contributed by atoms with van der Waals surface area (Å²) in [5, 5.41) is 12.3. The molecule has 1 fully saturated rings. The van der Waals surface area contributed by atoms with Crippen LogP contribution in [0.15, 0.2) is 54.6 Å². The molecule has 0 aliphatic carbocycles. The number of benzene rings is 2. The van der Waals surface area contributed by atoms with E-state index in [4.69, 9.17) is 4.74 Å². The average molecular weight is 395 g/mol. The van der Waals surface area contributed by atoms with Crippen molar-refractivity contribution in [1.29, 1.82) is 0 Å². The molecule has 1 heterocycles. The first-order valence-electron chi connectivity index (χ1n) is 9.60. The molecule has 1 saturated heterocycles. The number of nitrogens with one attached hydrogen (secondary N) is 1. The van der Waals surface area contributed by atoms with Gasteiger partial charge >= 0.3 is 12.0 Å². The van der Waals surface area contributed by atoms with Gasteiger partial charge in [-0.2, -0.15) is 0 Å². The number of piperazine rings is 1. The van der Waals surface area contributed by atoms with E-state index in [-0.39, 0.29) is 17.7 Å². The first kappa shape index (κ1) is 20.3. The SMILES string of the molecule is CCOC(=O)/C=C/c1ccc(NC(=O)N2CCN(c3ccc(O)cc3)CC2)cc1. The van der Waals surface area contributed by atoms with Gasteiger partial charge in [0.25, 0.3) is 0 Å². The van der Waals surface area contributed by atoms with E-state index in [2.05, 4.69) is 10.2 Å². The zero-order chi connectivity index (χ0) is 20.6. The fourth-order valence-electron chi connectivity index (χ4n) is 3.07. The zero-order valence-electron chi connectivity index (χ0n) is 16.4. The van der Waals surface area contributed by atoms with Gasteiger partial charge in [0.2, 0.25) is 0 Å². The molecule has 2 aromatic carbocycles. The summed E-state index contributed by atoms with van der Waals surface area (Å²) in [6.45, 7) is 4.81. The van der Waals surface area contributed by atoms with Gasteiger partial charge in [0.05, 0.1) is 6.61 Å². The van der Waals surface area contributed by atoms with E-state index in [1.165, 1.54) is 6.08 Å². The van der Waals surface area contributed by atoms with E-state index in [0.29, 0.717) is 25.4 Å². The van der Waals surface area contributed by atoms with Gasteiger partial charge in [-0.1, -0.05) is 12.1 Å². The van der Waals surface area contributed by atoms with E-state index in [1.807, 2.05) is 24.3 Å². The molecule has 2 amide bonds. The Kier molecular flexibility index (Phi) is 6.73. The van der Waals surface area contributed by atoms with Crippen molar-refractivity contribution in [1.82, 2.24) is 4.90 Å². The van der Waals surface area contributed by atoms with Crippen LogP contribution in [0.4, 0.5) is 16.2 Å². The number of aromatic hydroxyl groups is 1. The van der Waals surface area contributed by atoms with Gasteiger partial charge in [-0.05, 0) is 55.0 Å². The maximum absolute atomic E-state index is 12.5. The van der Waals surface area contributed by atoms with Gasteiger partial charge in [0, 0.05) is 43.6 Å². The number of phenolic OH excluding ortho intramolecular Hbond substituents is 1. The highest BCUT2D eigenvalue weighted by atomic mass is 16.5. The van der Waals surface area contributed by atoms with Gasteiger partial charge in [-0.3, -0.25) is 0 Å². The number of carbonyl (C=O) groups excluding carboxylic acids is 2. The normalized spacial score (nSPS) is 14.1. The van der Waals surface area contributed by atoms with E-state index >= 15 is 0 Å². The van der Waals surface area contributed by atoms with Crippen LogP contribution in [0.2, 0.25) is 0 Å². The molecule has 0 aromatic heterocycles. The fraction of sp³-hybridized carbons (Fsp3) is 0.273. The highest BCUT2D eigenvalue weighted by Crippen LogP contribution is 2.20. The van der Waals surface area contributed by atoms with Gasteiger partial charge in [-0.25, -0.2) is 9.59 Å². The number of hydrogen-bond acceptors (Lipinski definition) is 5. The quantitative estimate of drug-likeness (QED) is 0.600. The fourth-order valence-corrected chi connectivity index (χ4v) is 3.07. The molecule has 7 nitrogen and oxygen atoms in total. The Labute approximate surface area is 170 Å². The molecule has 2 N–H and O–H groups in total. The number of anilines is 2. The maximum Gasteiger partial charge on any atom is 0.330 e. The van der Waals surface area contributed by atoms with Crippen LogP contribution in [0.1, 0.15) is 12.5 Å². The van der Waals surface area contributed by atoms with Crippen molar-refractivity contribution in [2.75, 3.05) is 43.0 Å². The van der Waals surface area contributed by atoms with Crippen molar-refractivity contribution < 1.29 is 19.4 Å². The van der Waals surface area contributed by atoms with Crippen LogP contribution in [0.5, 0.6) is 5.75 Å². The van der Waals surface area contributed by atoms with Crippen molar-refractivity contribution in [3.63, 3.8) is 0 Å². The summed E-state index contributed by atoms with van der Waals surface area (Å²) in [5.74, 6) is -0.134. The average Bonchev–Trinajstić information content (AvgIpc) is 2.74. The zero-order valence-corrected chi connectivity index (χ0v) is 16.4. The highest BCUT2D eigenvalue weighted by Gasteiger charge is 2.21. The summed E-state index contributed by atoms with van der Waals surface area (Å²) >= 11 is 0. The Morgan fingerprint density at radius 1 is 1.03 bits per heavy atom. The number of carbonyl (C=O) groups is 2. The topological polar surface area (TPSA) is 82.1 Å². The molecule has 1 aliphatic rings. The number of urea groups is 1. The van der Waals surface area contributed by atoms with E-state index in [1.54, 1.807) is 42.2 Å². The second-order valence-electron chi connectivity index (χ2n) is 6.63. The molecule has 0 radical (unpaired) electrons. The molecule has 3 rings (SSSR count). The number of hydrogen-bond donors (Lipinski definition) is 2. The number of esters is 1. The summed E-state index contributed by atoms with van der Waals surface area (Å²) in [6.07, 6.45) is 3.05. The predicted molar refractivity (Wildman–Crippen MR) is 113 cm³/mol. The monoisotopic (exact) mass is 395 g/mol. The summed E-state index contributed by atoms with van der Waals surface area (Å²) in [4.78, 5) is 27.8.